The lowest BCUT2D eigenvalue weighted by molar-refractivity contribution is -0.144. The molecule has 3 heterocycles. The smallest absolute Gasteiger partial charge is 0.449 e. The molecule has 0 atom stereocenters. The summed E-state index contributed by atoms with van der Waals surface area (Å²) >= 11 is 0. The molecular weight excluding hydrogens is 395 g/mol. The molecule has 5 nitrogen and oxygen atoms in total. The van der Waals surface area contributed by atoms with Crippen molar-refractivity contribution in [2.24, 2.45) is 0 Å². The van der Waals surface area contributed by atoms with Crippen molar-refractivity contribution < 1.29 is 17.6 Å². The zero-order valence-corrected chi connectivity index (χ0v) is 15.9. The van der Waals surface area contributed by atoms with Crippen molar-refractivity contribution in [1.29, 1.82) is 0 Å². The van der Waals surface area contributed by atoms with E-state index in [9.17, 15) is 18.0 Å². The van der Waals surface area contributed by atoms with Crippen LogP contribution in [0, 0.1) is 0 Å². The summed E-state index contributed by atoms with van der Waals surface area (Å²) in [5, 5.41) is 0.202. The summed E-state index contributed by atoms with van der Waals surface area (Å²) < 4.78 is 45.1. The number of benzene rings is 2. The molecule has 30 heavy (non-hydrogen) atoms. The van der Waals surface area contributed by atoms with Crippen molar-refractivity contribution in [3.05, 3.63) is 58.5 Å². The lowest BCUT2D eigenvalue weighted by Crippen LogP contribution is -2.29. The maximum atomic E-state index is 13.1. The number of hydrogen-bond donors (Lipinski definition) is 1. The number of halogens is 3. The highest BCUT2D eigenvalue weighted by Crippen LogP contribution is 2.32. The molecule has 1 N–H and O–H groups in total. The number of piperidine rings is 1. The van der Waals surface area contributed by atoms with Crippen molar-refractivity contribution in [3.8, 4) is 11.3 Å². The number of hydrogen-bond acceptors (Lipinski definition) is 4. The highest BCUT2D eigenvalue weighted by molar-refractivity contribution is 6.00. The van der Waals surface area contributed by atoms with Crippen molar-refractivity contribution >= 4 is 27.7 Å². The average molecular weight is 413 g/mol. The average Bonchev–Trinajstić information content (AvgIpc) is 3.20. The summed E-state index contributed by atoms with van der Waals surface area (Å²) in [4.78, 5) is 20.8. The SMILES string of the molecule is O=c1cc(-c2ccc(N3CCCCC3)cc2)oc2c1ccc1nc(C(F)(F)F)[nH]c12. The molecule has 5 rings (SSSR count). The van der Waals surface area contributed by atoms with Gasteiger partial charge in [0.15, 0.2) is 11.0 Å². The first-order valence-corrected chi connectivity index (χ1v) is 9.79. The van der Waals surface area contributed by atoms with Gasteiger partial charge >= 0.3 is 6.18 Å². The Morgan fingerprint density at radius 1 is 1.00 bits per heavy atom. The third-order valence-electron chi connectivity index (χ3n) is 5.49. The fourth-order valence-corrected chi connectivity index (χ4v) is 3.95. The van der Waals surface area contributed by atoms with Crippen LogP contribution in [0.2, 0.25) is 0 Å². The van der Waals surface area contributed by atoms with Gasteiger partial charge in [-0.2, -0.15) is 13.2 Å². The van der Waals surface area contributed by atoms with E-state index >= 15 is 0 Å². The lowest BCUT2D eigenvalue weighted by atomic mass is 10.1. The van der Waals surface area contributed by atoms with E-state index in [2.05, 4.69) is 14.9 Å². The van der Waals surface area contributed by atoms with E-state index in [0.717, 1.165) is 18.8 Å². The monoisotopic (exact) mass is 413 g/mol. The molecule has 0 unspecified atom stereocenters. The Kier molecular flexibility index (Phi) is 4.30. The number of aromatic amines is 1. The van der Waals surface area contributed by atoms with Gasteiger partial charge in [0.05, 0.1) is 10.9 Å². The minimum absolute atomic E-state index is 0.0590. The van der Waals surface area contributed by atoms with Gasteiger partial charge in [-0.15, -0.1) is 0 Å². The van der Waals surface area contributed by atoms with Crippen molar-refractivity contribution in [2.75, 3.05) is 18.0 Å². The minimum atomic E-state index is -4.62. The minimum Gasteiger partial charge on any atom is -0.454 e. The van der Waals surface area contributed by atoms with Gasteiger partial charge < -0.3 is 14.3 Å². The highest BCUT2D eigenvalue weighted by atomic mass is 19.4. The molecule has 1 aliphatic heterocycles. The van der Waals surface area contributed by atoms with E-state index in [4.69, 9.17) is 4.42 Å². The second kappa shape index (κ2) is 6.90. The van der Waals surface area contributed by atoms with Crippen LogP contribution in [0.4, 0.5) is 18.9 Å². The third-order valence-corrected chi connectivity index (χ3v) is 5.49. The summed E-state index contributed by atoms with van der Waals surface area (Å²) in [6.45, 7) is 2.04. The number of fused-ring (bicyclic) bond motifs is 3. The van der Waals surface area contributed by atoms with Gasteiger partial charge in [-0.05, 0) is 55.7 Å². The Labute approximate surface area is 169 Å². The summed E-state index contributed by atoms with van der Waals surface area (Å²) in [6, 6.07) is 11.9. The Balaban J connectivity index is 1.60. The Bertz CT molecular complexity index is 1280. The molecule has 0 amide bonds. The zero-order valence-electron chi connectivity index (χ0n) is 15.9. The topological polar surface area (TPSA) is 62.1 Å². The lowest BCUT2D eigenvalue weighted by Gasteiger charge is -2.28. The van der Waals surface area contributed by atoms with Crippen LogP contribution >= 0.6 is 0 Å². The molecule has 154 valence electrons. The third kappa shape index (κ3) is 3.22. The number of alkyl halides is 3. The van der Waals surface area contributed by atoms with E-state index in [0.29, 0.717) is 11.3 Å². The van der Waals surface area contributed by atoms with Gasteiger partial charge in [0.25, 0.3) is 0 Å². The van der Waals surface area contributed by atoms with Gasteiger partial charge in [-0.3, -0.25) is 4.79 Å². The molecule has 0 saturated carbocycles. The quantitative estimate of drug-likeness (QED) is 0.482. The molecule has 1 fully saturated rings. The predicted molar refractivity (Wildman–Crippen MR) is 109 cm³/mol. The van der Waals surface area contributed by atoms with Crippen LogP contribution in [-0.4, -0.2) is 23.1 Å². The molecule has 0 bridgehead atoms. The summed E-state index contributed by atoms with van der Waals surface area (Å²) in [7, 11) is 0. The fraction of sp³-hybridized carbons (Fsp3) is 0.273. The zero-order chi connectivity index (χ0) is 20.9. The maximum absolute atomic E-state index is 13.1. The van der Waals surface area contributed by atoms with E-state index in [1.807, 2.05) is 24.3 Å². The first kappa shape index (κ1) is 18.7. The number of rotatable bonds is 2. The Morgan fingerprint density at radius 2 is 1.73 bits per heavy atom. The van der Waals surface area contributed by atoms with E-state index in [-0.39, 0.29) is 27.4 Å². The maximum Gasteiger partial charge on any atom is 0.449 e. The van der Waals surface area contributed by atoms with E-state index in [1.165, 1.54) is 37.5 Å². The van der Waals surface area contributed by atoms with Gasteiger partial charge in [-0.1, -0.05) is 0 Å². The standard InChI is InChI=1S/C22H18F3N3O2/c23-22(24,25)21-26-16-9-8-15-17(29)12-18(30-20(15)19(16)27-21)13-4-6-14(7-5-13)28-10-2-1-3-11-28/h4-9,12H,1-3,10-11H2,(H,26,27). The number of anilines is 1. The molecule has 1 aliphatic rings. The summed E-state index contributed by atoms with van der Waals surface area (Å²) in [5.74, 6) is -0.822. The normalized spacial score (nSPS) is 15.2. The molecule has 0 radical (unpaired) electrons. The first-order valence-electron chi connectivity index (χ1n) is 9.79. The summed E-state index contributed by atoms with van der Waals surface area (Å²) in [5.41, 5.74) is 1.68. The molecule has 0 spiro atoms. The van der Waals surface area contributed by atoms with Gasteiger partial charge in [-0.25, -0.2) is 4.98 Å². The Hall–Kier alpha value is -3.29. The van der Waals surface area contributed by atoms with Crippen LogP contribution in [0.3, 0.4) is 0 Å². The molecule has 0 aliphatic carbocycles. The Morgan fingerprint density at radius 3 is 2.43 bits per heavy atom. The number of H-pyrrole nitrogens is 1. The van der Waals surface area contributed by atoms with Gasteiger partial charge in [0, 0.05) is 30.4 Å². The molecule has 2 aromatic carbocycles. The van der Waals surface area contributed by atoms with Crippen LogP contribution in [-0.2, 0) is 6.18 Å². The van der Waals surface area contributed by atoms with Crippen LogP contribution in [0.15, 0.2) is 51.7 Å². The van der Waals surface area contributed by atoms with Gasteiger partial charge in [0.2, 0.25) is 5.82 Å². The van der Waals surface area contributed by atoms with Crippen LogP contribution < -0.4 is 10.3 Å². The molecular formula is C22H18F3N3O2. The second-order valence-electron chi connectivity index (χ2n) is 7.49. The number of nitrogens with one attached hydrogen (secondary N) is 1. The molecule has 1 saturated heterocycles. The largest absolute Gasteiger partial charge is 0.454 e. The fourth-order valence-electron chi connectivity index (χ4n) is 3.95. The molecule has 2 aromatic heterocycles. The van der Waals surface area contributed by atoms with E-state index < -0.39 is 12.0 Å². The highest BCUT2D eigenvalue weighted by Gasteiger charge is 2.35. The van der Waals surface area contributed by atoms with E-state index in [1.54, 1.807) is 0 Å². The van der Waals surface area contributed by atoms with Gasteiger partial charge in [0.1, 0.15) is 11.3 Å². The molecule has 8 heteroatoms. The number of aromatic nitrogens is 2. The van der Waals surface area contributed by atoms with Crippen LogP contribution in [0.1, 0.15) is 25.1 Å². The van der Waals surface area contributed by atoms with Crippen LogP contribution in [0.5, 0.6) is 0 Å². The number of nitrogens with zero attached hydrogens (tertiary/aromatic N) is 2. The number of imidazole rings is 1. The van der Waals surface area contributed by atoms with Crippen LogP contribution in [0.25, 0.3) is 33.3 Å². The summed E-state index contributed by atoms with van der Waals surface area (Å²) in [6.07, 6.45) is -1.04. The molecule has 4 aromatic rings. The predicted octanol–water partition coefficient (Wildman–Crippen LogP) is 5.35. The first-order chi connectivity index (χ1) is 14.4. The van der Waals surface area contributed by atoms with Crippen molar-refractivity contribution in [1.82, 2.24) is 9.97 Å². The second-order valence-corrected chi connectivity index (χ2v) is 7.49. The van der Waals surface area contributed by atoms with Crippen molar-refractivity contribution in [2.45, 2.75) is 25.4 Å². The van der Waals surface area contributed by atoms with Crippen molar-refractivity contribution in [3.63, 3.8) is 0 Å².